The van der Waals surface area contributed by atoms with Crippen molar-refractivity contribution in [1.82, 2.24) is 0 Å². The Bertz CT molecular complexity index is 1320. The fraction of sp³-hybridized carbons (Fsp3) is 0. The van der Waals surface area contributed by atoms with Gasteiger partial charge in [0.1, 0.15) is 0 Å². The third-order valence-electron chi connectivity index (χ3n) is 5.66. The third kappa shape index (κ3) is 5.08. The summed E-state index contributed by atoms with van der Waals surface area (Å²) < 4.78 is 0. The maximum absolute atomic E-state index is 3.66. The Balaban J connectivity index is 1.66. The van der Waals surface area contributed by atoms with E-state index in [0.29, 0.717) is 0 Å². The van der Waals surface area contributed by atoms with Gasteiger partial charge in [-0.05, 0) is 53.1 Å². The molecule has 2 heteroatoms. The van der Waals surface area contributed by atoms with Crippen molar-refractivity contribution in [2.24, 2.45) is 0 Å². The van der Waals surface area contributed by atoms with E-state index in [-0.39, 0.29) is 0 Å². The first-order valence-corrected chi connectivity index (χ1v) is 11.5. The first-order valence-electron chi connectivity index (χ1n) is 11.5. The van der Waals surface area contributed by atoms with Gasteiger partial charge in [0, 0.05) is 16.9 Å². The van der Waals surface area contributed by atoms with Gasteiger partial charge < -0.3 is 10.6 Å². The van der Waals surface area contributed by atoms with Gasteiger partial charge in [-0.1, -0.05) is 109 Å². The quantitative estimate of drug-likeness (QED) is 0.248. The van der Waals surface area contributed by atoms with Crippen LogP contribution in [0.15, 0.2) is 140 Å². The van der Waals surface area contributed by atoms with Gasteiger partial charge in [-0.3, -0.25) is 0 Å². The molecule has 0 aliphatic heterocycles. The second-order valence-corrected chi connectivity index (χ2v) is 8.04. The molecule has 0 aliphatic rings. The van der Waals surface area contributed by atoms with Gasteiger partial charge >= 0.3 is 0 Å². The van der Waals surface area contributed by atoms with Crippen LogP contribution in [0.3, 0.4) is 0 Å². The van der Waals surface area contributed by atoms with Crippen LogP contribution in [-0.4, -0.2) is 0 Å². The molecule has 2 N–H and O–H groups in total. The molecule has 0 amide bonds. The summed E-state index contributed by atoms with van der Waals surface area (Å²) in [6.07, 6.45) is 2.27. The first-order chi connectivity index (χ1) is 16.9. The van der Waals surface area contributed by atoms with Gasteiger partial charge in [-0.25, -0.2) is 0 Å². The second-order valence-electron chi connectivity index (χ2n) is 8.04. The van der Waals surface area contributed by atoms with Crippen molar-refractivity contribution < 1.29 is 0 Å². The van der Waals surface area contributed by atoms with E-state index in [1.807, 2.05) is 36.4 Å². The van der Waals surface area contributed by atoms with Crippen LogP contribution in [0.2, 0.25) is 0 Å². The van der Waals surface area contributed by atoms with Crippen LogP contribution < -0.4 is 10.6 Å². The summed E-state index contributed by atoms with van der Waals surface area (Å²) in [4.78, 5) is 0. The summed E-state index contributed by atoms with van der Waals surface area (Å²) >= 11 is 0. The summed E-state index contributed by atoms with van der Waals surface area (Å²) in [5.74, 6) is 0. The number of hydrogen-bond acceptors (Lipinski definition) is 2. The molecule has 0 aromatic heterocycles. The number of para-hydroxylation sites is 3. The Labute approximate surface area is 201 Å². The lowest BCUT2D eigenvalue weighted by molar-refractivity contribution is 1.48. The molecule has 0 aliphatic carbocycles. The van der Waals surface area contributed by atoms with Crippen LogP contribution in [0, 0.1) is 0 Å². The summed E-state index contributed by atoms with van der Waals surface area (Å²) in [5, 5.41) is 7.26. The molecule has 0 unspecified atom stereocenters. The lowest BCUT2D eigenvalue weighted by Crippen LogP contribution is -2.00. The minimum Gasteiger partial charge on any atom is -0.354 e. The van der Waals surface area contributed by atoms with E-state index in [2.05, 4.69) is 120 Å². The average Bonchev–Trinajstić information content (AvgIpc) is 2.91. The standard InChI is InChI=1S/C32H26N2/c1-5-14-25(15-6-1)30(26-16-7-2-8-17-26)24-27-18-13-23-31(33-28-19-9-3-10-20-28)32(27)34-29-21-11-4-12-22-29/h1-24,33-34H. The van der Waals surface area contributed by atoms with Crippen molar-refractivity contribution >= 4 is 34.4 Å². The Morgan fingerprint density at radius 1 is 0.441 bits per heavy atom. The fourth-order valence-electron chi connectivity index (χ4n) is 4.00. The highest BCUT2D eigenvalue weighted by Crippen LogP contribution is 2.35. The molecule has 2 nitrogen and oxygen atoms in total. The van der Waals surface area contributed by atoms with Crippen molar-refractivity contribution in [3.8, 4) is 0 Å². The Hall–Kier alpha value is -4.56. The average molecular weight is 439 g/mol. The van der Waals surface area contributed by atoms with Crippen LogP contribution in [0.1, 0.15) is 16.7 Å². The van der Waals surface area contributed by atoms with Crippen LogP contribution in [0.4, 0.5) is 22.7 Å². The highest BCUT2D eigenvalue weighted by molar-refractivity contribution is 5.96. The highest BCUT2D eigenvalue weighted by atomic mass is 15.0. The largest absolute Gasteiger partial charge is 0.354 e. The van der Waals surface area contributed by atoms with E-state index in [4.69, 9.17) is 0 Å². The Morgan fingerprint density at radius 3 is 1.44 bits per heavy atom. The predicted octanol–water partition coefficient (Wildman–Crippen LogP) is 8.76. The molecular formula is C32H26N2. The van der Waals surface area contributed by atoms with Gasteiger partial charge in [0.25, 0.3) is 0 Å². The maximum Gasteiger partial charge on any atom is 0.0697 e. The fourth-order valence-corrected chi connectivity index (χ4v) is 4.00. The zero-order valence-corrected chi connectivity index (χ0v) is 18.9. The van der Waals surface area contributed by atoms with Gasteiger partial charge in [-0.2, -0.15) is 0 Å². The summed E-state index contributed by atoms with van der Waals surface area (Å²) in [6.45, 7) is 0. The van der Waals surface area contributed by atoms with E-state index in [1.54, 1.807) is 0 Å². The second kappa shape index (κ2) is 10.4. The molecule has 0 radical (unpaired) electrons. The highest BCUT2D eigenvalue weighted by Gasteiger charge is 2.11. The molecule has 164 valence electrons. The lowest BCUT2D eigenvalue weighted by Gasteiger charge is -2.18. The van der Waals surface area contributed by atoms with E-state index in [0.717, 1.165) is 28.3 Å². The number of benzene rings is 5. The molecule has 0 spiro atoms. The first kappa shape index (κ1) is 21.3. The van der Waals surface area contributed by atoms with Crippen molar-refractivity contribution in [2.45, 2.75) is 0 Å². The number of nitrogens with one attached hydrogen (secondary N) is 2. The summed E-state index contributed by atoms with van der Waals surface area (Å²) in [5.41, 5.74) is 8.78. The molecule has 0 saturated carbocycles. The summed E-state index contributed by atoms with van der Waals surface area (Å²) in [7, 11) is 0. The van der Waals surface area contributed by atoms with Crippen molar-refractivity contribution in [3.05, 3.63) is 156 Å². The molecule has 0 fully saturated rings. The van der Waals surface area contributed by atoms with Gasteiger partial charge in [0.15, 0.2) is 0 Å². The van der Waals surface area contributed by atoms with Crippen LogP contribution in [0.5, 0.6) is 0 Å². The molecular weight excluding hydrogens is 412 g/mol. The molecule has 34 heavy (non-hydrogen) atoms. The molecule has 0 saturated heterocycles. The number of anilines is 4. The number of hydrogen-bond donors (Lipinski definition) is 2. The smallest absolute Gasteiger partial charge is 0.0697 e. The summed E-state index contributed by atoms with van der Waals surface area (Å²) in [6, 6.07) is 48.0. The van der Waals surface area contributed by atoms with Gasteiger partial charge in [0.2, 0.25) is 0 Å². The van der Waals surface area contributed by atoms with Gasteiger partial charge in [0.05, 0.1) is 11.4 Å². The van der Waals surface area contributed by atoms with Crippen LogP contribution in [0.25, 0.3) is 11.6 Å². The zero-order valence-electron chi connectivity index (χ0n) is 18.9. The number of rotatable bonds is 7. The normalized spacial score (nSPS) is 10.4. The molecule has 0 atom stereocenters. The van der Waals surface area contributed by atoms with Crippen molar-refractivity contribution in [2.75, 3.05) is 10.6 Å². The van der Waals surface area contributed by atoms with Crippen LogP contribution >= 0.6 is 0 Å². The third-order valence-corrected chi connectivity index (χ3v) is 5.66. The van der Waals surface area contributed by atoms with E-state index < -0.39 is 0 Å². The molecule has 5 rings (SSSR count). The Morgan fingerprint density at radius 2 is 0.912 bits per heavy atom. The maximum atomic E-state index is 3.66. The Kier molecular flexibility index (Phi) is 6.50. The van der Waals surface area contributed by atoms with Gasteiger partial charge in [-0.15, -0.1) is 0 Å². The van der Waals surface area contributed by atoms with Crippen LogP contribution in [-0.2, 0) is 0 Å². The molecule has 0 heterocycles. The van der Waals surface area contributed by atoms with E-state index in [9.17, 15) is 0 Å². The SMILES string of the molecule is C(=C(c1ccccc1)c1ccccc1)c1cccc(Nc2ccccc2)c1Nc1ccccc1. The predicted molar refractivity (Wildman–Crippen MR) is 146 cm³/mol. The molecule has 5 aromatic carbocycles. The minimum atomic E-state index is 1.02. The van der Waals surface area contributed by atoms with E-state index >= 15 is 0 Å². The lowest BCUT2D eigenvalue weighted by atomic mass is 9.95. The topological polar surface area (TPSA) is 24.1 Å². The van der Waals surface area contributed by atoms with Crippen molar-refractivity contribution in [3.63, 3.8) is 0 Å². The zero-order chi connectivity index (χ0) is 23.0. The minimum absolute atomic E-state index is 1.02. The molecule has 0 bridgehead atoms. The monoisotopic (exact) mass is 438 g/mol. The van der Waals surface area contributed by atoms with E-state index in [1.165, 1.54) is 16.7 Å². The van der Waals surface area contributed by atoms with Crippen molar-refractivity contribution in [1.29, 1.82) is 0 Å². The molecule has 5 aromatic rings.